The fraction of sp³-hybridized carbons (Fsp3) is 0.845. The number of allylic oxidation sites excluding steroid dienone is 10. The lowest BCUT2D eigenvalue weighted by molar-refractivity contribution is -0.302. The quantitative estimate of drug-likeness (QED) is 0.0261. The molecule has 7 unspecified atom stereocenters. The van der Waals surface area contributed by atoms with Gasteiger partial charge in [0.15, 0.2) is 6.29 Å². The number of ether oxygens (including phenoxy) is 2. The van der Waals surface area contributed by atoms with E-state index in [1.807, 2.05) is 0 Å². The van der Waals surface area contributed by atoms with Gasteiger partial charge in [-0.15, -0.1) is 0 Å². The van der Waals surface area contributed by atoms with Gasteiger partial charge < -0.3 is 40.3 Å². The first kappa shape index (κ1) is 75.9. The zero-order valence-corrected chi connectivity index (χ0v) is 52.3. The summed E-state index contributed by atoms with van der Waals surface area (Å²) in [4.78, 5) is 13.1. The van der Waals surface area contributed by atoms with Crippen LogP contribution >= 0.6 is 0 Å². The second-order valence-electron chi connectivity index (χ2n) is 23.9. The van der Waals surface area contributed by atoms with Crippen LogP contribution in [0, 0.1) is 0 Å². The Morgan fingerprint density at radius 1 is 0.438 bits per heavy atom. The Kier molecular flexibility index (Phi) is 57.0. The first-order chi connectivity index (χ1) is 39.3. The number of nitrogens with one attached hydrogen (secondary N) is 1. The van der Waals surface area contributed by atoms with Crippen LogP contribution in [0.2, 0.25) is 0 Å². The zero-order chi connectivity index (χ0) is 57.9. The van der Waals surface area contributed by atoms with Crippen LogP contribution in [-0.4, -0.2) is 87.5 Å². The molecular formula is C71H131NO8. The highest BCUT2D eigenvalue weighted by molar-refractivity contribution is 5.76. The van der Waals surface area contributed by atoms with E-state index in [-0.39, 0.29) is 12.5 Å². The largest absolute Gasteiger partial charge is 0.394 e. The molecule has 9 heteroatoms. The van der Waals surface area contributed by atoms with Gasteiger partial charge in [0.05, 0.1) is 25.4 Å². The van der Waals surface area contributed by atoms with E-state index in [0.717, 1.165) is 70.6 Å². The van der Waals surface area contributed by atoms with E-state index in [0.29, 0.717) is 12.8 Å². The third-order valence-electron chi connectivity index (χ3n) is 16.4. The summed E-state index contributed by atoms with van der Waals surface area (Å²) in [5.41, 5.74) is 0. The molecule has 1 fully saturated rings. The lowest BCUT2D eigenvalue weighted by Crippen LogP contribution is -2.60. The SMILES string of the molecule is CC/C=C\C/C=C\C/C=C\C/C=C\C/C=C\CCCCCCCCCCCCCCCC(=O)NC(COC1OC(CO)C(O)C(O)C1O)C(O)CCCCCCCCCCCCCCCCCCCCCCCCCCCCCC. The molecule has 0 aromatic heterocycles. The first-order valence-electron chi connectivity index (χ1n) is 34.5. The molecular weight excluding hydrogens is 995 g/mol. The van der Waals surface area contributed by atoms with Crippen molar-refractivity contribution in [3.05, 3.63) is 60.8 Å². The number of amides is 1. The molecule has 1 rings (SSSR count). The highest BCUT2D eigenvalue weighted by Crippen LogP contribution is 2.24. The average molecular weight is 1130 g/mol. The Morgan fingerprint density at radius 2 is 0.775 bits per heavy atom. The van der Waals surface area contributed by atoms with Gasteiger partial charge in [-0.2, -0.15) is 0 Å². The molecule has 7 atom stereocenters. The molecule has 1 amide bonds. The van der Waals surface area contributed by atoms with Crippen molar-refractivity contribution in [1.82, 2.24) is 5.32 Å². The van der Waals surface area contributed by atoms with Crippen molar-refractivity contribution in [2.24, 2.45) is 0 Å². The van der Waals surface area contributed by atoms with Crippen LogP contribution in [0.3, 0.4) is 0 Å². The van der Waals surface area contributed by atoms with E-state index in [9.17, 15) is 30.3 Å². The smallest absolute Gasteiger partial charge is 0.220 e. The van der Waals surface area contributed by atoms with Gasteiger partial charge >= 0.3 is 0 Å². The van der Waals surface area contributed by atoms with Crippen molar-refractivity contribution in [2.45, 2.75) is 371 Å². The molecule has 0 saturated carbocycles. The van der Waals surface area contributed by atoms with Gasteiger partial charge in [0, 0.05) is 6.42 Å². The number of carbonyl (C=O) groups is 1. The molecule has 1 aliphatic rings. The highest BCUT2D eigenvalue weighted by Gasteiger charge is 2.44. The molecule has 468 valence electrons. The van der Waals surface area contributed by atoms with Gasteiger partial charge in [0.25, 0.3) is 0 Å². The Hall–Kier alpha value is -2.11. The normalized spacial score (nSPS) is 18.8. The van der Waals surface area contributed by atoms with Gasteiger partial charge in [-0.05, 0) is 57.8 Å². The molecule has 1 heterocycles. The second-order valence-corrected chi connectivity index (χ2v) is 23.9. The van der Waals surface area contributed by atoms with Crippen molar-refractivity contribution in [3.63, 3.8) is 0 Å². The second kappa shape index (κ2) is 60.0. The number of aliphatic hydroxyl groups is 5. The van der Waals surface area contributed by atoms with Gasteiger partial charge in [-0.1, -0.05) is 325 Å². The van der Waals surface area contributed by atoms with Crippen LogP contribution in [0.4, 0.5) is 0 Å². The van der Waals surface area contributed by atoms with Gasteiger partial charge in [-0.3, -0.25) is 4.79 Å². The number of hydrogen-bond acceptors (Lipinski definition) is 8. The van der Waals surface area contributed by atoms with Crippen molar-refractivity contribution < 1.29 is 39.8 Å². The Morgan fingerprint density at radius 3 is 1.15 bits per heavy atom. The van der Waals surface area contributed by atoms with Crippen LogP contribution in [-0.2, 0) is 14.3 Å². The summed E-state index contributed by atoms with van der Waals surface area (Å²) < 4.78 is 11.4. The summed E-state index contributed by atoms with van der Waals surface area (Å²) >= 11 is 0. The molecule has 0 spiro atoms. The van der Waals surface area contributed by atoms with E-state index in [1.54, 1.807) is 0 Å². The van der Waals surface area contributed by atoms with Crippen LogP contribution in [0.15, 0.2) is 60.8 Å². The highest BCUT2D eigenvalue weighted by atomic mass is 16.7. The number of unbranched alkanes of at least 4 members (excludes halogenated alkanes) is 40. The summed E-state index contributed by atoms with van der Waals surface area (Å²) in [6.45, 7) is 3.77. The zero-order valence-electron chi connectivity index (χ0n) is 52.3. The van der Waals surface area contributed by atoms with Gasteiger partial charge in [0.2, 0.25) is 5.91 Å². The van der Waals surface area contributed by atoms with Gasteiger partial charge in [-0.25, -0.2) is 0 Å². The molecule has 0 aromatic rings. The van der Waals surface area contributed by atoms with E-state index in [1.165, 1.54) is 231 Å². The van der Waals surface area contributed by atoms with E-state index < -0.39 is 49.5 Å². The number of hydrogen-bond donors (Lipinski definition) is 6. The molecule has 0 radical (unpaired) electrons. The van der Waals surface area contributed by atoms with Crippen molar-refractivity contribution in [2.75, 3.05) is 13.2 Å². The standard InChI is InChI=1S/C71H131NO8/c1-3-5-7-9-11-13-15-17-19-21-23-25-27-29-31-33-35-37-39-41-43-45-47-49-51-53-55-57-59-61-67(75)72-64(63-79-71-70(78)69(77)68(76)66(62-73)80-71)65(74)60-58-56-54-52-50-48-46-44-42-40-38-36-34-32-30-28-26-24-22-20-18-16-14-12-10-8-6-4-2/h5,7,11,13,17,19,23,25,29,31,64-66,68-71,73-74,76-78H,3-4,6,8-10,12,14-16,18,20-22,24,26-28,30,32-63H2,1-2H3,(H,72,75)/b7-5-,13-11-,19-17-,25-23-,31-29-. The van der Waals surface area contributed by atoms with Crippen LogP contribution in [0.25, 0.3) is 0 Å². The van der Waals surface area contributed by atoms with Crippen LogP contribution in [0.1, 0.15) is 328 Å². The summed E-state index contributed by atoms with van der Waals surface area (Å²) in [5.74, 6) is -0.143. The summed E-state index contributed by atoms with van der Waals surface area (Å²) in [6.07, 6.45) is 75.6. The minimum Gasteiger partial charge on any atom is -0.394 e. The minimum absolute atomic E-state index is 0.138. The maximum absolute atomic E-state index is 13.1. The number of rotatable bonds is 60. The number of carbonyl (C=O) groups excluding carboxylic acids is 1. The molecule has 0 aliphatic carbocycles. The molecule has 0 aromatic carbocycles. The lowest BCUT2D eigenvalue weighted by Gasteiger charge is -2.40. The molecule has 1 saturated heterocycles. The molecule has 80 heavy (non-hydrogen) atoms. The Balaban J connectivity index is 2.13. The fourth-order valence-electron chi connectivity index (χ4n) is 11.0. The molecule has 6 N–H and O–H groups in total. The van der Waals surface area contributed by atoms with Crippen molar-refractivity contribution in [3.8, 4) is 0 Å². The van der Waals surface area contributed by atoms with Gasteiger partial charge in [0.1, 0.15) is 24.4 Å². The molecule has 9 nitrogen and oxygen atoms in total. The first-order valence-corrected chi connectivity index (χ1v) is 34.5. The van der Waals surface area contributed by atoms with Crippen LogP contribution in [0.5, 0.6) is 0 Å². The van der Waals surface area contributed by atoms with E-state index in [2.05, 4.69) is 79.9 Å². The third-order valence-corrected chi connectivity index (χ3v) is 16.4. The summed E-state index contributed by atoms with van der Waals surface area (Å²) in [7, 11) is 0. The topological polar surface area (TPSA) is 149 Å². The average Bonchev–Trinajstić information content (AvgIpc) is 3.46. The maximum atomic E-state index is 13.1. The predicted octanol–water partition coefficient (Wildman–Crippen LogP) is 18.6. The number of aliphatic hydroxyl groups excluding tert-OH is 5. The van der Waals surface area contributed by atoms with Crippen LogP contribution < -0.4 is 5.32 Å². The lowest BCUT2D eigenvalue weighted by atomic mass is 9.99. The Labute approximate surface area is 494 Å². The van der Waals surface area contributed by atoms with Crippen molar-refractivity contribution in [1.29, 1.82) is 0 Å². The van der Waals surface area contributed by atoms with Crippen molar-refractivity contribution >= 4 is 5.91 Å². The maximum Gasteiger partial charge on any atom is 0.220 e. The third kappa shape index (κ3) is 48.3. The fourth-order valence-corrected chi connectivity index (χ4v) is 11.0. The molecule has 1 aliphatic heterocycles. The van der Waals surface area contributed by atoms with E-state index in [4.69, 9.17) is 9.47 Å². The predicted molar refractivity (Wildman–Crippen MR) is 341 cm³/mol. The van der Waals surface area contributed by atoms with E-state index >= 15 is 0 Å². The summed E-state index contributed by atoms with van der Waals surface area (Å²) in [6, 6.07) is -0.724. The Bertz CT molecular complexity index is 1450. The molecule has 0 bridgehead atoms. The monoisotopic (exact) mass is 1130 g/mol. The minimum atomic E-state index is -1.56. The summed E-state index contributed by atoms with van der Waals surface area (Å²) in [5, 5.41) is 54.9.